The number of oxazole rings is 1. The van der Waals surface area contributed by atoms with Crippen LogP contribution in [-0.2, 0) is 17.8 Å². The molecule has 0 aliphatic heterocycles. The van der Waals surface area contributed by atoms with Crippen molar-refractivity contribution in [1.82, 2.24) is 4.98 Å². The van der Waals surface area contributed by atoms with E-state index in [0.717, 1.165) is 22.4 Å². The van der Waals surface area contributed by atoms with Crippen LogP contribution in [0.4, 0.5) is 4.79 Å². The predicted molar refractivity (Wildman–Crippen MR) is 115 cm³/mol. The molecule has 0 aliphatic carbocycles. The van der Waals surface area contributed by atoms with Gasteiger partial charge in [0, 0.05) is 12.0 Å². The van der Waals surface area contributed by atoms with E-state index in [-0.39, 0.29) is 12.6 Å². The van der Waals surface area contributed by atoms with Gasteiger partial charge in [-0.2, -0.15) is 0 Å². The second-order valence-electron chi connectivity index (χ2n) is 6.77. The van der Waals surface area contributed by atoms with E-state index in [4.69, 9.17) is 18.6 Å². The number of nitrogens with zero attached hydrogens (tertiary/aromatic N) is 1. The van der Waals surface area contributed by atoms with Crippen molar-refractivity contribution in [2.45, 2.75) is 13.0 Å². The van der Waals surface area contributed by atoms with Gasteiger partial charge in [0.1, 0.15) is 18.1 Å². The summed E-state index contributed by atoms with van der Waals surface area (Å²) < 4.78 is 21.6. The molecule has 6 heteroatoms. The lowest BCUT2D eigenvalue weighted by molar-refractivity contribution is 0.0840. The number of methoxy groups -OCH3 is 1. The molecule has 0 spiro atoms. The van der Waals surface area contributed by atoms with Crippen LogP contribution in [0.25, 0.3) is 11.5 Å². The fourth-order valence-corrected chi connectivity index (χ4v) is 3.00. The van der Waals surface area contributed by atoms with E-state index in [1.54, 1.807) is 7.11 Å². The van der Waals surface area contributed by atoms with Gasteiger partial charge in [-0.15, -0.1) is 0 Å². The van der Waals surface area contributed by atoms with Crippen molar-refractivity contribution in [3.05, 3.63) is 102 Å². The van der Waals surface area contributed by atoms with Gasteiger partial charge in [-0.3, -0.25) is 0 Å². The largest absolute Gasteiger partial charge is 0.516 e. The van der Waals surface area contributed by atoms with Crippen LogP contribution in [0.5, 0.6) is 11.7 Å². The highest BCUT2D eigenvalue weighted by molar-refractivity contribution is 5.64. The normalized spacial score (nSPS) is 10.5. The average molecular weight is 415 g/mol. The number of hydrogen-bond donors (Lipinski definition) is 0. The summed E-state index contributed by atoms with van der Waals surface area (Å²) in [5.41, 5.74) is 3.12. The summed E-state index contributed by atoms with van der Waals surface area (Å²) in [6.45, 7) is 0.104. The van der Waals surface area contributed by atoms with Crippen LogP contribution >= 0.6 is 0 Å². The zero-order valence-corrected chi connectivity index (χ0v) is 17.0. The highest BCUT2D eigenvalue weighted by atomic mass is 16.8. The fraction of sp³-hybridized carbons (Fsp3) is 0.120. The van der Waals surface area contributed by atoms with Crippen LogP contribution in [0.1, 0.15) is 16.8 Å². The SMILES string of the molecule is COc1ccc(-c2nc(Cc3ccccc3)c(OC(=O)OCc3ccccc3)o2)cc1. The number of hydrogen-bond acceptors (Lipinski definition) is 6. The molecule has 6 nitrogen and oxygen atoms in total. The molecule has 4 aromatic rings. The Morgan fingerprint density at radius 2 is 1.52 bits per heavy atom. The molecule has 0 unspecified atom stereocenters. The van der Waals surface area contributed by atoms with Gasteiger partial charge in [-0.25, -0.2) is 9.78 Å². The molecule has 156 valence electrons. The van der Waals surface area contributed by atoms with Crippen molar-refractivity contribution < 1.29 is 23.4 Å². The summed E-state index contributed by atoms with van der Waals surface area (Å²) in [7, 11) is 1.60. The third-order valence-corrected chi connectivity index (χ3v) is 4.59. The molecule has 0 bridgehead atoms. The van der Waals surface area contributed by atoms with E-state index in [1.165, 1.54) is 0 Å². The summed E-state index contributed by atoms with van der Waals surface area (Å²) in [6.07, 6.45) is -0.405. The fourth-order valence-electron chi connectivity index (χ4n) is 3.00. The zero-order valence-electron chi connectivity index (χ0n) is 17.0. The van der Waals surface area contributed by atoms with E-state index in [9.17, 15) is 4.79 Å². The van der Waals surface area contributed by atoms with Crippen LogP contribution in [0.15, 0.2) is 89.3 Å². The van der Waals surface area contributed by atoms with Crippen LogP contribution in [-0.4, -0.2) is 18.2 Å². The Labute approximate surface area is 180 Å². The van der Waals surface area contributed by atoms with Crippen molar-refractivity contribution in [2.24, 2.45) is 0 Å². The third kappa shape index (κ3) is 5.30. The lowest BCUT2D eigenvalue weighted by Crippen LogP contribution is -2.11. The molecule has 0 saturated heterocycles. The standard InChI is InChI=1S/C25H21NO5/c1-28-21-14-12-20(13-15-21)23-26-22(16-18-8-4-2-5-9-18)24(30-23)31-25(27)29-17-19-10-6-3-7-11-19/h2-15H,16-17H2,1H3. The molecule has 0 radical (unpaired) electrons. The van der Waals surface area contributed by atoms with Gasteiger partial charge in [0.2, 0.25) is 5.89 Å². The second-order valence-corrected chi connectivity index (χ2v) is 6.77. The van der Waals surface area contributed by atoms with Crippen LogP contribution < -0.4 is 9.47 Å². The topological polar surface area (TPSA) is 70.8 Å². The number of benzene rings is 3. The van der Waals surface area contributed by atoms with Crippen molar-refractivity contribution in [3.8, 4) is 23.1 Å². The first-order chi connectivity index (χ1) is 15.2. The lowest BCUT2D eigenvalue weighted by Gasteiger charge is -2.05. The molecule has 0 fully saturated rings. The second kappa shape index (κ2) is 9.63. The highest BCUT2D eigenvalue weighted by Gasteiger charge is 2.20. The number of aromatic nitrogens is 1. The average Bonchev–Trinajstić information content (AvgIpc) is 3.21. The Morgan fingerprint density at radius 3 is 2.16 bits per heavy atom. The smallest absolute Gasteiger partial charge is 0.497 e. The number of ether oxygens (including phenoxy) is 3. The summed E-state index contributed by atoms with van der Waals surface area (Å²) in [6, 6.07) is 26.4. The van der Waals surface area contributed by atoms with Gasteiger partial charge in [0.25, 0.3) is 0 Å². The summed E-state index contributed by atoms with van der Waals surface area (Å²) >= 11 is 0. The Morgan fingerprint density at radius 1 is 0.871 bits per heavy atom. The maximum atomic E-state index is 12.3. The Balaban J connectivity index is 1.54. The molecule has 0 N–H and O–H groups in total. The van der Waals surface area contributed by atoms with Gasteiger partial charge < -0.3 is 18.6 Å². The molecule has 3 aromatic carbocycles. The van der Waals surface area contributed by atoms with Gasteiger partial charge in [0.15, 0.2) is 0 Å². The number of carbonyl (C=O) groups excluding carboxylic acids is 1. The Hall–Kier alpha value is -4.06. The Bertz CT molecular complexity index is 1120. The first-order valence-electron chi connectivity index (χ1n) is 9.78. The summed E-state index contributed by atoms with van der Waals surface area (Å²) in [5, 5.41) is 0. The monoisotopic (exact) mass is 415 g/mol. The van der Waals surface area contributed by atoms with Crippen LogP contribution in [0.3, 0.4) is 0 Å². The van der Waals surface area contributed by atoms with E-state index in [1.807, 2.05) is 84.9 Å². The molecule has 1 heterocycles. The van der Waals surface area contributed by atoms with E-state index in [2.05, 4.69) is 4.98 Å². The Kier molecular flexibility index (Phi) is 6.28. The van der Waals surface area contributed by atoms with Crippen LogP contribution in [0.2, 0.25) is 0 Å². The van der Waals surface area contributed by atoms with E-state index in [0.29, 0.717) is 18.0 Å². The summed E-state index contributed by atoms with van der Waals surface area (Å²) in [4.78, 5) is 16.8. The van der Waals surface area contributed by atoms with E-state index >= 15 is 0 Å². The predicted octanol–water partition coefficient (Wildman–Crippen LogP) is 5.66. The molecule has 1 aromatic heterocycles. The van der Waals surface area contributed by atoms with E-state index < -0.39 is 6.16 Å². The maximum Gasteiger partial charge on any atom is 0.516 e. The van der Waals surface area contributed by atoms with Crippen molar-refractivity contribution >= 4 is 6.16 Å². The molecular formula is C25H21NO5. The molecule has 0 amide bonds. The minimum atomic E-state index is -0.851. The van der Waals surface area contributed by atoms with Crippen molar-refractivity contribution in [3.63, 3.8) is 0 Å². The van der Waals surface area contributed by atoms with Crippen LogP contribution in [0, 0.1) is 0 Å². The molecular weight excluding hydrogens is 394 g/mol. The quantitative estimate of drug-likeness (QED) is 0.363. The van der Waals surface area contributed by atoms with Gasteiger partial charge >= 0.3 is 12.1 Å². The molecule has 31 heavy (non-hydrogen) atoms. The summed E-state index contributed by atoms with van der Waals surface area (Å²) in [5.74, 6) is 1.09. The lowest BCUT2D eigenvalue weighted by atomic mass is 10.1. The molecule has 0 aliphatic rings. The number of rotatable bonds is 7. The maximum absolute atomic E-state index is 12.3. The minimum Gasteiger partial charge on any atom is -0.497 e. The third-order valence-electron chi connectivity index (χ3n) is 4.59. The first-order valence-corrected chi connectivity index (χ1v) is 9.78. The molecule has 0 atom stereocenters. The number of carbonyl (C=O) groups is 1. The van der Waals surface area contributed by atoms with Gasteiger partial charge in [-0.1, -0.05) is 60.7 Å². The molecule has 0 saturated carbocycles. The molecule has 4 rings (SSSR count). The first kappa shape index (κ1) is 20.2. The van der Waals surface area contributed by atoms with Gasteiger partial charge in [0.05, 0.1) is 7.11 Å². The van der Waals surface area contributed by atoms with Crippen molar-refractivity contribution in [2.75, 3.05) is 7.11 Å². The van der Waals surface area contributed by atoms with Crippen molar-refractivity contribution in [1.29, 1.82) is 0 Å². The minimum absolute atomic E-state index is 0.0210. The van der Waals surface area contributed by atoms with Gasteiger partial charge in [-0.05, 0) is 35.4 Å². The highest BCUT2D eigenvalue weighted by Crippen LogP contribution is 2.30. The zero-order chi connectivity index (χ0) is 21.5.